The summed E-state index contributed by atoms with van der Waals surface area (Å²) < 4.78 is 1.83. The Morgan fingerprint density at radius 1 is 1.25 bits per heavy atom. The number of hydrogen-bond donors (Lipinski definition) is 1. The van der Waals surface area contributed by atoms with Gasteiger partial charge in [0.2, 0.25) is 0 Å². The van der Waals surface area contributed by atoms with Gasteiger partial charge in [0, 0.05) is 23.4 Å². The predicted octanol–water partition coefficient (Wildman–Crippen LogP) is 1.53. The van der Waals surface area contributed by atoms with Gasteiger partial charge in [0.1, 0.15) is 0 Å². The van der Waals surface area contributed by atoms with Crippen LogP contribution in [0.5, 0.6) is 0 Å². The summed E-state index contributed by atoms with van der Waals surface area (Å²) in [6.45, 7) is 1.30. The van der Waals surface area contributed by atoms with E-state index in [9.17, 15) is 0 Å². The van der Waals surface area contributed by atoms with Crippen molar-refractivity contribution in [1.82, 2.24) is 15.0 Å². The van der Waals surface area contributed by atoms with Gasteiger partial charge in [0.15, 0.2) is 0 Å². The first-order valence-corrected chi connectivity index (χ1v) is 6.14. The lowest BCUT2D eigenvalue weighted by Crippen LogP contribution is -2.01. The minimum Gasteiger partial charge on any atom is -0.325 e. The van der Waals surface area contributed by atoms with E-state index < -0.39 is 0 Å². The summed E-state index contributed by atoms with van der Waals surface area (Å²) >= 11 is 1.81. The molecule has 4 nitrogen and oxygen atoms in total. The first-order chi connectivity index (χ1) is 7.88. The second kappa shape index (κ2) is 5.67. The average molecular weight is 234 g/mol. The van der Waals surface area contributed by atoms with E-state index >= 15 is 0 Å². The first kappa shape index (κ1) is 11.2. The Morgan fingerprint density at radius 3 is 2.75 bits per heavy atom. The van der Waals surface area contributed by atoms with Gasteiger partial charge in [-0.1, -0.05) is 23.4 Å². The van der Waals surface area contributed by atoms with Crippen LogP contribution in [0.15, 0.2) is 41.4 Å². The minimum absolute atomic E-state index is 0.450. The number of nitrogens with two attached hydrogens (primary N) is 1. The highest BCUT2D eigenvalue weighted by Gasteiger charge is 1.98. The normalized spacial score (nSPS) is 10.6. The van der Waals surface area contributed by atoms with Crippen LogP contribution in [0.1, 0.15) is 5.69 Å². The zero-order chi connectivity index (χ0) is 11.2. The smallest absolute Gasteiger partial charge is 0.0962 e. The van der Waals surface area contributed by atoms with Crippen LogP contribution < -0.4 is 5.73 Å². The zero-order valence-electron chi connectivity index (χ0n) is 8.91. The van der Waals surface area contributed by atoms with E-state index in [2.05, 4.69) is 22.4 Å². The van der Waals surface area contributed by atoms with Crippen molar-refractivity contribution >= 4 is 11.8 Å². The van der Waals surface area contributed by atoms with Gasteiger partial charge in [0.05, 0.1) is 12.2 Å². The summed E-state index contributed by atoms with van der Waals surface area (Å²) in [5.41, 5.74) is 6.30. The molecule has 1 aromatic carbocycles. The maximum Gasteiger partial charge on any atom is 0.0962 e. The molecule has 0 fully saturated rings. The van der Waals surface area contributed by atoms with E-state index in [1.165, 1.54) is 4.90 Å². The fourth-order valence-corrected chi connectivity index (χ4v) is 2.18. The van der Waals surface area contributed by atoms with Crippen molar-refractivity contribution in [1.29, 1.82) is 0 Å². The molecule has 16 heavy (non-hydrogen) atoms. The van der Waals surface area contributed by atoms with Crippen LogP contribution in [0.25, 0.3) is 0 Å². The number of benzene rings is 1. The molecule has 1 aromatic heterocycles. The monoisotopic (exact) mass is 234 g/mol. The van der Waals surface area contributed by atoms with Gasteiger partial charge in [-0.2, -0.15) is 0 Å². The third-order valence-electron chi connectivity index (χ3n) is 2.13. The molecule has 0 amide bonds. The highest BCUT2D eigenvalue weighted by atomic mass is 32.2. The van der Waals surface area contributed by atoms with E-state index in [-0.39, 0.29) is 0 Å². The highest BCUT2D eigenvalue weighted by molar-refractivity contribution is 7.99. The molecular formula is C11H14N4S. The Morgan fingerprint density at radius 2 is 2.06 bits per heavy atom. The summed E-state index contributed by atoms with van der Waals surface area (Å²) in [5, 5.41) is 7.93. The van der Waals surface area contributed by atoms with Gasteiger partial charge in [-0.05, 0) is 12.1 Å². The van der Waals surface area contributed by atoms with E-state index in [1.54, 1.807) is 0 Å². The molecule has 0 saturated heterocycles. The van der Waals surface area contributed by atoms with Crippen molar-refractivity contribution in [2.24, 2.45) is 5.73 Å². The van der Waals surface area contributed by atoms with Gasteiger partial charge in [-0.3, -0.25) is 4.68 Å². The molecule has 1 heterocycles. The molecular weight excluding hydrogens is 220 g/mol. The Bertz CT molecular complexity index is 427. The number of rotatable bonds is 5. The van der Waals surface area contributed by atoms with Crippen LogP contribution in [0.4, 0.5) is 0 Å². The van der Waals surface area contributed by atoms with Gasteiger partial charge in [0.25, 0.3) is 0 Å². The molecule has 84 valence electrons. The lowest BCUT2D eigenvalue weighted by molar-refractivity contribution is 0.632. The van der Waals surface area contributed by atoms with Crippen LogP contribution in [-0.2, 0) is 13.1 Å². The molecule has 2 aromatic rings. The molecule has 0 bridgehead atoms. The van der Waals surface area contributed by atoms with Gasteiger partial charge < -0.3 is 5.73 Å². The van der Waals surface area contributed by atoms with Gasteiger partial charge >= 0.3 is 0 Å². The lowest BCUT2D eigenvalue weighted by Gasteiger charge is -2.00. The van der Waals surface area contributed by atoms with E-state index in [1.807, 2.05) is 40.8 Å². The third kappa shape index (κ3) is 3.08. The summed E-state index contributed by atoms with van der Waals surface area (Å²) in [4.78, 5) is 1.28. The van der Waals surface area contributed by atoms with Gasteiger partial charge in [-0.15, -0.1) is 16.9 Å². The third-order valence-corrected chi connectivity index (χ3v) is 3.12. The minimum atomic E-state index is 0.450. The molecule has 0 atom stereocenters. The quantitative estimate of drug-likeness (QED) is 0.797. The van der Waals surface area contributed by atoms with Crippen molar-refractivity contribution in [3.63, 3.8) is 0 Å². The van der Waals surface area contributed by atoms with Crippen LogP contribution in [0.2, 0.25) is 0 Å². The summed E-state index contributed by atoms with van der Waals surface area (Å²) in [6, 6.07) is 10.3. The maximum atomic E-state index is 5.46. The molecule has 2 N–H and O–H groups in total. The standard InChI is InChI=1S/C11H14N4S/c12-8-10-9-15(14-13-10)6-7-16-11-4-2-1-3-5-11/h1-5,9H,6-8,12H2. The Labute approximate surface area is 98.8 Å². The van der Waals surface area contributed by atoms with E-state index in [4.69, 9.17) is 5.73 Å². The molecule has 0 spiro atoms. The van der Waals surface area contributed by atoms with Crippen molar-refractivity contribution in [2.75, 3.05) is 5.75 Å². The largest absolute Gasteiger partial charge is 0.325 e. The number of aromatic nitrogens is 3. The van der Waals surface area contributed by atoms with Crippen LogP contribution in [0, 0.1) is 0 Å². The topological polar surface area (TPSA) is 56.7 Å². The van der Waals surface area contributed by atoms with Crippen LogP contribution in [-0.4, -0.2) is 20.7 Å². The average Bonchev–Trinajstić information content (AvgIpc) is 2.78. The van der Waals surface area contributed by atoms with Crippen molar-refractivity contribution in [2.45, 2.75) is 18.0 Å². The fraction of sp³-hybridized carbons (Fsp3) is 0.273. The fourth-order valence-electron chi connectivity index (χ4n) is 1.32. The van der Waals surface area contributed by atoms with E-state index in [0.717, 1.165) is 18.0 Å². The number of aryl methyl sites for hydroxylation is 1. The molecule has 0 aliphatic rings. The molecule has 0 aliphatic carbocycles. The summed E-state index contributed by atoms with van der Waals surface area (Å²) in [7, 11) is 0. The maximum absolute atomic E-state index is 5.46. The molecule has 2 rings (SSSR count). The second-order valence-corrected chi connectivity index (χ2v) is 4.51. The molecule has 0 saturated carbocycles. The summed E-state index contributed by atoms with van der Waals surface area (Å²) in [5.74, 6) is 0.984. The molecule has 0 unspecified atom stereocenters. The van der Waals surface area contributed by atoms with Crippen molar-refractivity contribution < 1.29 is 0 Å². The van der Waals surface area contributed by atoms with E-state index in [0.29, 0.717) is 6.54 Å². The first-order valence-electron chi connectivity index (χ1n) is 5.15. The SMILES string of the molecule is NCc1cn(CCSc2ccccc2)nn1. The Balaban J connectivity index is 1.80. The number of nitrogens with zero attached hydrogens (tertiary/aromatic N) is 3. The van der Waals surface area contributed by atoms with Crippen molar-refractivity contribution in [3.8, 4) is 0 Å². The Kier molecular flexibility index (Phi) is 3.96. The molecule has 0 aliphatic heterocycles. The highest BCUT2D eigenvalue weighted by Crippen LogP contribution is 2.16. The van der Waals surface area contributed by atoms with Crippen LogP contribution in [0.3, 0.4) is 0 Å². The lowest BCUT2D eigenvalue weighted by atomic mass is 10.4. The number of hydrogen-bond acceptors (Lipinski definition) is 4. The molecule has 5 heteroatoms. The Hall–Kier alpha value is -1.33. The zero-order valence-corrected chi connectivity index (χ0v) is 9.73. The second-order valence-electron chi connectivity index (χ2n) is 3.34. The van der Waals surface area contributed by atoms with Gasteiger partial charge in [-0.25, -0.2) is 0 Å². The van der Waals surface area contributed by atoms with Crippen LogP contribution >= 0.6 is 11.8 Å². The predicted molar refractivity (Wildman–Crippen MR) is 65.1 cm³/mol. The summed E-state index contributed by atoms with van der Waals surface area (Å²) in [6.07, 6.45) is 1.89. The number of thioether (sulfide) groups is 1. The van der Waals surface area contributed by atoms with Crippen molar-refractivity contribution in [3.05, 3.63) is 42.2 Å². The molecule has 0 radical (unpaired) electrons.